The molecule has 1 aliphatic carbocycles. The van der Waals surface area contributed by atoms with E-state index < -0.39 is 0 Å². The lowest BCUT2D eigenvalue weighted by Gasteiger charge is -2.26. The van der Waals surface area contributed by atoms with E-state index in [1.807, 2.05) is 18.2 Å². The van der Waals surface area contributed by atoms with Gasteiger partial charge in [-0.2, -0.15) is 0 Å². The summed E-state index contributed by atoms with van der Waals surface area (Å²) in [5.41, 5.74) is 7.13. The van der Waals surface area contributed by atoms with E-state index in [4.69, 9.17) is 33.7 Å². The van der Waals surface area contributed by atoms with Gasteiger partial charge in [0.15, 0.2) is 5.96 Å². The number of ether oxygens (including phenoxy) is 1. The molecule has 2 atom stereocenters. The fourth-order valence-electron chi connectivity index (χ4n) is 3.25. The van der Waals surface area contributed by atoms with Crippen LogP contribution in [-0.4, -0.2) is 56.8 Å². The van der Waals surface area contributed by atoms with Gasteiger partial charge in [-0.1, -0.05) is 29.3 Å². The van der Waals surface area contributed by atoms with E-state index in [0.717, 1.165) is 63.8 Å². The van der Waals surface area contributed by atoms with Crippen LogP contribution in [-0.2, 0) is 4.74 Å². The van der Waals surface area contributed by atoms with Crippen molar-refractivity contribution in [2.45, 2.75) is 18.8 Å². The van der Waals surface area contributed by atoms with Crippen molar-refractivity contribution in [1.82, 2.24) is 10.2 Å². The van der Waals surface area contributed by atoms with Gasteiger partial charge in [-0.05, 0) is 48.9 Å². The van der Waals surface area contributed by atoms with Gasteiger partial charge >= 0.3 is 0 Å². The van der Waals surface area contributed by atoms with Gasteiger partial charge in [0, 0.05) is 36.2 Å². The highest BCUT2D eigenvalue weighted by Crippen LogP contribution is 2.49. The standard InChI is InChI=1S/C18H26Cl2N4O/c19-14-2-3-15(17(20)11-14)16-10-13(16)12-23-18(21)22-4-1-5-24-6-8-25-9-7-24/h2-3,11,13,16H,1,4-10,12H2,(H3,21,22,23). The monoisotopic (exact) mass is 384 g/mol. The lowest BCUT2D eigenvalue weighted by atomic mass is 10.1. The SMILES string of the molecule is NC(=NCC1CC1c1ccc(Cl)cc1Cl)NCCCN1CCOCC1. The van der Waals surface area contributed by atoms with E-state index in [-0.39, 0.29) is 0 Å². The van der Waals surface area contributed by atoms with Crippen LogP contribution in [0.15, 0.2) is 23.2 Å². The third-order valence-corrected chi connectivity index (χ3v) is 5.40. The zero-order valence-electron chi connectivity index (χ0n) is 14.4. The van der Waals surface area contributed by atoms with Gasteiger partial charge in [0.2, 0.25) is 0 Å². The molecule has 2 aliphatic rings. The Hall–Kier alpha value is -1.01. The summed E-state index contributed by atoms with van der Waals surface area (Å²) in [6.45, 7) is 6.41. The number of rotatable bonds is 7. The summed E-state index contributed by atoms with van der Waals surface area (Å²) in [6, 6.07) is 5.72. The predicted molar refractivity (Wildman–Crippen MR) is 104 cm³/mol. The molecule has 0 spiro atoms. The molecule has 1 aromatic carbocycles. The first-order chi connectivity index (χ1) is 12.1. The Morgan fingerprint density at radius 1 is 1.32 bits per heavy atom. The maximum atomic E-state index is 6.27. The third-order valence-electron chi connectivity index (χ3n) is 4.84. The van der Waals surface area contributed by atoms with Crippen LogP contribution >= 0.6 is 23.2 Å². The highest BCUT2D eigenvalue weighted by molar-refractivity contribution is 6.35. The average molecular weight is 385 g/mol. The first kappa shape index (κ1) is 18.8. The van der Waals surface area contributed by atoms with Crippen LogP contribution in [0.5, 0.6) is 0 Å². The molecule has 3 rings (SSSR count). The third kappa shape index (κ3) is 5.74. The van der Waals surface area contributed by atoms with Gasteiger partial charge in [0.25, 0.3) is 0 Å². The second kappa shape index (κ2) is 9.08. The second-order valence-corrected chi connectivity index (χ2v) is 7.57. The summed E-state index contributed by atoms with van der Waals surface area (Å²) >= 11 is 12.2. The van der Waals surface area contributed by atoms with Gasteiger partial charge in [0.1, 0.15) is 0 Å². The topological polar surface area (TPSA) is 62.9 Å². The molecule has 5 nitrogen and oxygen atoms in total. The van der Waals surface area contributed by atoms with Crippen molar-refractivity contribution in [1.29, 1.82) is 0 Å². The average Bonchev–Trinajstić information content (AvgIpc) is 3.37. The molecule has 2 fully saturated rings. The summed E-state index contributed by atoms with van der Waals surface area (Å²) in [6.07, 6.45) is 2.16. The molecular formula is C18H26Cl2N4O. The van der Waals surface area contributed by atoms with Crippen LogP contribution in [0.1, 0.15) is 24.3 Å². The largest absolute Gasteiger partial charge is 0.379 e. The number of guanidine groups is 1. The molecule has 138 valence electrons. The smallest absolute Gasteiger partial charge is 0.188 e. The Morgan fingerprint density at radius 3 is 2.88 bits per heavy atom. The molecule has 25 heavy (non-hydrogen) atoms. The number of halogens is 2. The summed E-state index contributed by atoms with van der Waals surface area (Å²) in [7, 11) is 0. The van der Waals surface area contributed by atoms with Crippen LogP contribution in [0.25, 0.3) is 0 Å². The predicted octanol–water partition coefficient (Wildman–Crippen LogP) is 2.72. The summed E-state index contributed by atoms with van der Waals surface area (Å²) in [5, 5.41) is 4.63. The second-order valence-electron chi connectivity index (χ2n) is 6.73. The van der Waals surface area contributed by atoms with Gasteiger partial charge in [0.05, 0.1) is 13.2 Å². The van der Waals surface area contributed by atoms with E-state index in [9.17, 15) is 0 Å². The summed E-state index contributed by atoms with van der Waals surface area (Å²) in [5.74, 6) is 1.53. The molecule has 3 N–H and O–H groups in total. The van der Waals surface area contributed by atoms with Crippen LogP contribution < -0.4 is 11.1 Å². The molecule has 1 saturated carbocycles. The molecular weight excluding hydrogens is 359 g/mol. The van der Waals surface area contributed by atoms with E-state index in [0.29, 0.717) is 22.8 Å². The van der Waals surface area contributed by atoms with Crippen molar-refractivity contribution in [2.75, 3.05) is 45.9 Å². The minimum absolute atomic E-state index is 0.475. The summed E-state index contributed by atoms with van der Waals surface area (Å²) < 4.78 is 5.35. The molecule has 1 heterocycles. The molecule has 1 aromatic rings. The minimum Gasteiger partial charge on any atom is -0.379 e. The number of hydrogen-bond acceptors (Lipinski definition) is 3. The molecule has 0 amide bonds. The molecule has 7 heteroatoms. The Morgan fingerprint density at radius 2 is 2.12 bits per heavy atom. The Balaban J connectivity index is 1.33. The van der Waals surface area contributed by atoms with Crippen molar-refractivity contribution in [3.05, 3.63) is 33.8 Å². The number of hydrogen-bond donors (Lipinski definition) is 2. The van der Waals surface area contributed by atoms with Crippen LogP contribution in [0.2, 0.25) is 10.0 Å². The number of nitrogens with one attached hydrogen (secondary N) is 1. The molecule has 0 bridgehead atoms. The zero-order chi connectivity index (χ0) is 17.6. The first-order valence-electron chi connectivity index (χ1n) is 8.92. The number of morpholine rings is 1. The Kier molecular flexibility index (Phi) is 6.82. The Labute approximate surface area is 159 Å². The van der Waals surface area contributed by atoms with Crippen molar-refractivity contribution >= 4 is 29.2 Å². The maximum Gasteiger partial charge on any atom is 0.188 e. The van der Waals surface area contributed by atoms with Crippen molar-refractivity contribution < 1.29 is 4.74 Å². The van der Waals surface area contributed by atoms with E-state index >= 15 is 0 Å². The number of aliphatic imine (C=N–C) groups is 1. The number of nitrogens with zero attached hydrogens (tertiary/aromatic N) is 2. The van der Waals surface area contributed by atoms with Gasteiger partial charge in [-0.25, -0.2) is 0 Å². The van der Waals surface area contributed by atoms with Gasteiger partial charge in [-0.3, -0.25) is 9.89 Å². The fraction of sp³-hybridized carbons (Fsp3) is 0.611. The van der Waals surface area contributed by atoms with Crippen LogP contribution in [0.4, 0.5) is 0 Å². The first-order valence-corrected chi connectivity index (χ1v) is 9.68. The van der Waals surface area contributed by atoms with E-state index in [1.54, 1.807) is 0 Å². The Bertz CT molecular complexity index is 605. The molecule has 0 radical (unpaired) electrons. The highest BCUT2D eigenvalue weighted by atomic mass is 35.5. The zero-order valence-corrected chi connectivity index (χ0v) is 15.9. The normalized spacial score (nSPS) is 24.3. The van der Waals surface area contributed by atoms with Crippen LogP contribution in [0.3, 0.4) is 0 Å². The molecule has 1 aliphatic heterocycles. The highest BCUT2D eigenvalue weighted by Gasteiger charge is 2.39. The molecule has 0 aromatic heterocycles. The van der Waals surface area contributed by atoms with Crippen LogP contribution in [0, 0.1) is 5.92 Å². The lowest BCUT2D eigenvalue weighted by molar-refractivity contribution is 0.0376. The molecule has 2 unspecified atom stereocenters. The van der Waals surface area contributed by atoms with Gasteiger partial charge < -0.3 is 15.8 Å². The molecule has 1 saturated heterocycles. The van der Waals surface area contributed by atoms with E-state index in [2.05, 4.69) is 15.2 Å². The van der Waals surface area contributed by atoms with Crippen molar-refractivity contribution in [3.63, 3.8) is 0 Å². The summed E-state index contributed by atoms with van der Waals surface area (Å²) in [4.78, 5) is 6.89. The quantitative estimate of drug-likeness (QED) is 0.431. The van der Waals surface area contributed by atoms with Crippen molar-refractivity contribution in [3.8, 4) is 0 Å². The number of benzene rings is 1. The van der Waals surface area contributed by atoms with E-state index in [1.165, 1.54) is 5.56 Å². The fourth-order valence-corrected chi connectivity index (χ4v) is 3.80. The van der Waals surface area contributed by atoms with Crippen molar-refractivity contribution in [2.24, 2.45) is 16.6 Å². The van der Waals surface area contributed by atoms with Gasteiger partial charge in [-0.15, -0.1) is 0 Å². The minimum atomic E-state index is 0.475. The lowest BCUT2D eigenvalue weighted by Crippen LogP contribution is -2.39. The number of nitrogens with two attached hydrogens (primary N) is 1. The maximum absolute atomic E-state index is 6.27.